The highest BCUT2D eigenvalue weighted by Gasteiger charge is 2.68. The normalized spacial score (nSPS) is 26.2. The second-order valence-electron chi connectivity index (χ2n) is 15.9. The summed E-state index contributed by atoms with van der Waals surface area (Å²) >= 11 is 0. The molecule has 8 rings (SSSR count). The van der Waals surface area contributed by atoms with E-state index in [0.717, 1.165) is 5.56 Å². The Morgan fingerprint density at radius 2 is 1.08 bits per heavy atom. The Balaban J connectivity index is 1.12. The van der Waals surface area contributed by atoms with Crippen molar-refractivity contribution in [1.82, 2.24) is 5.32 Å². The van der Waals surface area contributed by atoms with E-state index in [1.165, 1.54) is 6.42 Å². The standard InChI is InChI=1S/C50H48NO13/c1-32(57-45(52)34-21-11-5-12-22-34)41-43(61-48(55)37-27-17-8-18-28-37)44-50(62-41,64-49(2,3)63-44)51-30-39-42(60-47(54)36-25-15-7-16-26-36)38(59-46(53)35-23-13-6-14-24-35)29-40(58-39)56-31-33-19-9-4-10-20-33/h4-29,32,38-44,51H,30-31H2,1-3H3/t32-,38-,39-,40+,41-,42+,43+,44-,50-/m1/s1. The predicted octanol–water partition coefficient (Wildman–Crippen LogP) is 6.85. The molecule has 0 aromatic heterocycles. The van der Waals surface area contributed by atoms with Gasteiger partial charge in [-0.25, -0.2) is 19.2 Å². The third-order valence-electron chi connectivity index (χ3n) is 10.8. The van der Waals surface area contributed by atoms with Crippen LogP contribution in [0.1, 0.15) is 67.8 Å². The molecule has 0 amide bonds. The van der Waals surface area contributed by atoms with Crippen molar-refractivity contribution in [3.05, 3.63) is 186 Å². The van der Waals surface area contributed by atoms with Gasteiger partial charge in [-0.15, -0.1) is 0 Å². The number of fused-ring (bicyclic) bond motifs is 1. The van der Waals surface area contributed by atoms with E-state index in [4.69, 9.17) is 42.6 Å². The third kappa shape index (κ3) is 10.4. The predicted molar refractivity (Wildman–Crippen MR) is 228 cm³/mol. The van der Waals surface area contributed by atoms with E-state index in [2.05, 4.69) is 5.32 Å². The molecule has 3 aliphatic heterocycles. The molecular formula is C50H48NO13. The minimum atomic E-state index is -1.88. The van der Waals surface area contributed by atoms with Crippen LogP contribution in [0.25, 0.3) is 0 Å². The van der Waals surface area contributed by atoms with E-state index in [0.29, 0.717) is 5.56 Å². The fourth-order valence-corrected chi connectivity index (χ4v) is 7.77. The van der Waals surface area contributed by atoms with Gasteiger partial charge in [-0.3, -0.25) is 5.32 Å². The first-order valence-corrected chi connectivity index (χ1v) is 21.0. The summed E-state index contributed by atoms with van der Waals surface area (Å²) in [5, 5.41) is 3.31. The van der Waals surface area contributed by atoms with Gasteiger partial charge in [-0.1, -0.05) is 103 Å². The van der Waals surface area contributed by atoms with Gasteiger partial charge in [0, 0.05) is 6.54 Å². The van der Waals surface area contributed by atoms with Crippen LogP contribution in [0.5, 0.6) is 0 Å². The minimum Gasteiger partial charge on any atom is -0.456 e. The number of nitrogens with one attached hydrogen (secondary N) is 1. The number of benzene rings is 5. The van der Waals surface area contributed by atoms with Crippen LogP contribution in [0.4, 0.5) is 0 Å². The van der Waals surface area contributed by atoms with Crippen LogP contribution in [0.2, 0.25) is 0 Å². The number of carbonyl (C=O) groups excluding carboxylic acids is 4. The van der Waals surface area contributed by atoms with Crippen molar-refractivity contribution in [2.75, 3.05) is 6.54 Å². The van der Waals surface area contributed by atoms with Gasteiger partial charge in [0.2, 0.25) is 0 Å². The maximum absolute atomic E-state index is 13.8. The Morgan fingerprint density at radius 1 is 0.609 bits per heavy atom. The Morgan fingerprint density at radius 3 is 1.61 bits per heavy atom. The molecule has 0 aliphatic carbocycles. The molecule has 1 radical (unpaired) electrons. The van der Waals surface area contributed by atoms with Crippen molar-refractivity contribution in [3.63, 3.8) is 0 Å². The third-order valence-corrected chi connectivity index (χ3v) is 10.8. The summed E-state index contributed by atoms with van der Waals surface area (Å²) < 4.78 is 56.9. The van der Waals surface area contributed by atoms with Gasteiger partial charge >= 0.3 is 23.9 Å². The molecule has 1 N–H and O–H groups in total. The largest absolute Gasteiger partial charge is 0.456 e. The SMILES string of the molecule is C[C@@H](OC(=O)c1ccccc1)[C@H]1O[C@@]2(NC[C@H]3O[C@H](OCc4ccccc4)[CH][C@@H](OC(=O)c4ccccc4)[C@@H]3OC(=O)c3ccccc3)OC(C)(C)O[C@@H]2[C@H]1OC(=O)c1ccccc1. The summed E-state index contributed by atoms with van der Waals surface area (Å²) in [4.78, 5) is 54.6. The van der Waals surface area contributed by atoms with E-state index in [1.807, 2.05) is 30.3 Å². The number of hydrogen-bond acceptors (Lipinski definition) is 14. The smallest absolute Gasteiger partial charge is 0.338 e. The lowest BCUT2D eigenvalue weighted by atomic mass is 9.99. The molecule has 0 unspecified atom stereocenters. The highest BCUT2D eigenvalue weighted by atomic mass is 16.9. The molecule has 14 nitrogen and oxygen atoms in total. The fourth-order valence-electron chi connectivity index (χ4n) is 7.77. The lowest BCUT2D eigenvalue weighted by Gasteiger charge is -2.41. The lowest BCUT2D eigenvalue weighted by Crippen LogP contribution is -2.61. The minimum absolute atomic E-state index is 0.131. The van der Waals surface area contributed by atoms with Crippen molar-refractivity contribution < 1.29 is 61.8 Å². The molecule has 5 aromatic rings. The van der Waals surface area contributed by atoms with Gasteiger partial charge in [-0.2, -0.15) is 0 Å². The Hall–Kier alpha value is -6.26. The summed E-state index contributed by atoms with van der Waals surface area (Å²) in [5.41, 5.74) is 1.96. The van der Waals surface area contributed by atoms with Crippen molar-refractivity contribution >= 4 is 23.9 Å². The summed E-state index contributed by atoms with van der Waals surface area (Å²) in [7, 11) is 0. The van der Waals surface area contributed by atoms with Gasteiger partial charge in [0.05, 0.1) is 35.3 Å². The van der Waals surface area contributed by atoms with Crippen molar-refractivity contribution in [2.45, 2.75) is 88.1 Å². The average Bonchev–Trinajstić information content (AvgIpc) is 3.75. The molecule has 3 heterocycles. The summed E-state index contributed by atoms with van der Waals surface area (Å²) in [6.07, 6.45) is -7.62. The zero-order valence-corrected chi connectivity index (χ0v) is 35.4. The van der Waals surface area contributed by atoms with Crippen LogP contribution in [0, 0.1) is 6.42 Å². The zero-order chi connectivity index (χ0) is 44.7. The molecule has 14 heteroatoms. The number of ether oxygens (including phenoxy) is 9. The number of hydrogen-bond donors (Lipinski definition) is 1. The number of esters is 4. The summed E-state index contributed by atoms with van der Waals surface area (Å²) in [6, 6.07) is 43.1. The van der Waals surface area contributed by atoms with E-state index < -0.39 is 84.6 Å². The van der Waals surface area contributed by atoms with E-state index in [1.54, 1.807) is 142 Å². The Labute approximate surface area is 370 Å². The first-order valence-electron chi connectivity index (χ1n) is 21.0. The second kappa shape index (κ2) is 19.6. The lowest BCUT2D eigenvalue weighted by molar-refractivity contribution is -0.288. The van der Waals surface area contributed by atoms with Crippen molar-refractivity contribution in [1.29, 1.82) is 0 Å². The maximum atomic E-state index is 13.8. The quantitative estimate of drug-likeness (QED) is 0.0859. The molecule has 5 aromatic carbocycles. The van der Waals surface area contributed by atoms with Gasteiger partial charge in [0.1, 0.15) is 24.4 Å². The maximum Gasteiger partial charge on any atom is 0.338 e. The molecule has 3 fully saturated rings. The molecule has 0 bridgehead atoms. The van der Waals surface area contributed by atoms with E-state index in [-0.39, 0.29) is 29.8 Å². The fraction of sp³-hybridized carbons (Fsp3) is 0.300. The monoisotopic (exact) mass is 870 g/mol. The number of rotatable bonds is 15. The van der Waals surface area contributed by atoms with Gasteiger partial charge in [0.25, 0.3) is 5.91 Å². The number of carbonyl (C=O) groups is 4. The molecule has 0 spiro atoms. The van der Waals surface area contributed by atoms with Crippen LogP contribution < -0.4 is 5.32 Å². The summed E-state index contributed by atoms with van der Waals surface area (Å²) in [5.74, 6) is -5.86. The zero-order valence-electron chi connectivity index (χ0n) is 35.4. The summed E-state index contributed by atoms with van der Waals surface area (Å²) in [6.45, 7) is 4.89. The van der Waals surface area contributed by atoms with E-state index in [9.17, 15) is 19.2 Å². The van der Waals surface area contributed by atoms with Crippen molar-refractivity contribution in [2.24, 2.45) is 0 Å². The molecule has 331 valence electrons. The topological polar surface area (TPSA) is 163 Å². The van der Waals surface area contributed by atoms with Crippen LogP contribution in [0.3, 0.4) is 0 Å². The van der Waals surface area contributed by atoms with Crippen LogP contribution in [0.15, 0.2) is 152 Å². The Bertz CT molecular complexity index is 2350. The first kappa shape index (κ1) is 44.4. The molecule has 0 saturated carbocycles. The second-order valence-corrected chi connectivity index (χ2v) is 15.9. The molecular weight excluding hydrogens is 823 g/mol. The molecule has 3 saturated heterocycles. The van der Waals surface area contributed by atoms with Crippen LogP contribution in [-0.4, -0.2) is 91.1 Å². The molecule has 64 heavy (non-hydrogen) atoms. The average molecular weight is 871 g/mol. The van der Waals surface area contributed by atoms with Gasteiger partial charge in [-0.05, 0) is 74.9 Å². The highest BCUT2D eigenvalue weighted by Crippen LogP contribution is 2.46. The van der Waals surface area contributed by atoms with Crippen molar-refractivity contribution in [3.8, 4) is 0 Å². The van der Waals surface area contributed by atoms with Gasteiger partial charge < -0.3 is 42.6 Å². The first-order chi connectivity index (χ1) is 31.0. The van der Waals surface area contributed by atoms with Crippen LogP contribution in [-0.2, 0) is 49.2 Å². The Kier molecular flexibility index (Phi) is 13.6. The van der Waals surface area contributed by atoms with Crippen LogP contribution >= 0.6 is 0 Å². The van der Waals surface area contributed by atoms with E-state index >= 15 is 0 Å². The molecule has 3 aliphatic rings. The molecule has 9 atom stereocenters. The van der Waals surface area contributed by atoms with Gasteiger partial charge in [0.15, 0.2) is 30.4 Å². The highest BCUT2D eigenvalue weighted by molar-refractivity contribution is 5.91.